The van der Waals surface area contributed by atoms with Gasteiger partial charge in [0.1, 0.15) is 6.04 Å². The second-order valence-corrected chi connectivity index (χ2v) is 5.00. The Morgan fingerprint density at radius 2 is 2.39 bits per heavy atom. The number of aryl methyl sites for hydroxylation is 1. The molecule has 2 aliphatic heterocycles. The fraction of sp³-hybridized carbons (Fsp3) is 0.500. The molecule has 4 heteroatoms. The van der Waals surface area contributed by atoms with Gasteiger partial charge in [-0.2, -0.15) is 0 Å². The van der Waals surface area contributed by atoms with E-state index < -0.39 is 0 Å². The number of rotatable bonds is 3. The van der Waals surface area contributed by atoms with Crippen molar-refractivity contribution in [3.63, 3.8) is 0 Å². The van der Waals surface area contributed by atoms with E-state index in [1.807, 2.05) is 25.1 Å². The van der Waals surface area contributed by atoms with Crippen molar-refractivity contribution in [1.29, 1.82) is 0 Å². The van der Waals surface area contributed by atoms with Gasteiger partial charge < -0.3 is 10.1 Å². The van der Waals surface area contributed by atoms with E-state index in [2.05, 4.69) is 10.6 Å². The van der Waals surface area contributed by atoms with Gasteiger partial charge in [-0.3, -0.25) is 10.1 Å². The summed E-state index contributed by atoms with van der Waals surface area (Å²) in [6.07, 6.45) is 2.47. The molecule has 2 heterocycles. The zero-order chi connectivity index (χ0) is 12.5. The Balaban J connectivity index is 1.73. The van der Waals surface area contributed by atoms with Crippen LogP contribution in [0.2, 0.25) is 0 Å². The van der Waals surface area contributed by atoms with Crippen molar-refractivity contribution in [2.45, 2.75) is 31.9 Å². The van der Waals surface area contributed by atoms with Crippen molar-refractivity contribution in [3.05, 3.63) is 29.3 Å². The van der Waals surface area contributed by atoms with Gasteiger partial charge in [-0.25, -0.2) is 0 Å². The number of hydrogen-bond donors (Lipinski definition) is 2. The van der Waals surface area contributed by atoms with Crippen LogP contribution in [0.1, 0.15) is 30.0 Å². The zero-order valence-corrected chi connectivity index (χ0v) is 10.5. The molecule has 0 radical (unpaired) electrons. The molecule has 0 bridgehead atoms. The summed E-state index contributed by atoms with van der Waals surface area (Å²) < 4.78 is 5.57. The van der Waals surface area contributed by atoms with Gasteiger partial charge >= 0.3 is 0 Å². The van der Waals surface area contributed by atoms with Crippen molar-refractivity contribution in [3.8, 4) is 0 Å². The maximum atomic E-state index is 12.0. The molecule has 1 aromatic rings. The number of anilines is 1. The standard InChI is InChI=1S/C14H18N2O2/c1-9-4-2-6-11-12(9)16-14(17)13(11)15-8-10-5-3-7-18-10/h2,4,6,10,13,15H,3,5,7-8H2,1H3,(H,16,17). The molecular weight excluding hydrogens is 228 g/mol. The molecule has 2 atom stereocenters. The van der Waals surface area contributed by atoms with Crippen LogP contribution in [-0.4, -0.2) is 25.2 Å². The topological polar surface area (TPSA) is 50.4 Å². The van der Waals surface area contributed by atoms with Crippen LogP contribution in [0.5, 0.6) is 0 Å². The maximum absolute atomic E-state index is 12.0. The highest BCUT2D eigenvalue weighted by Gasteiger charge is 2.31. The van der Waals surface area contributed by atoms with E-state index in [1.54, 1.807) is 0 Å². The van der Waals surface area contributed by atoms with Gasteiger partial charge in [-0.05, 0) is 25.3 Å². The molecule has 2 N–H and O–H groups in total. The van der Waals surface area contributed by atoms with Crippen molar-refractivity contribution in [2.24, 2.45) is 0 Å². The molecule has 96 valence electrons. The highest BCUT2D eigenvalue weighted by molar-refractivity contribution is 6.03. The molecular formula is C14H18N2O2. The molecule has 1 saturated heterocycles. The minimum absolute atomic E-state index is 0.0392. The van der Waals surface area contributed by atoms with Crippen LogP contribution in [0.3, 0.4) is 0 Å². The molecule has 3 rings (SSSR count). The van der Waals surface area contributed by atoms with Crippen LogP contribution in [-0.2, 0) is 9.53 Å². The van der Waals surface area contributed by atoms with E-state index >= 15 is 0 Å². The van der Waals surface area contributed by atoms with Gasteiger partial charge in [0.25, 0.3) is 0 Å². The summed E-state index contributed by atoms with van der Waals surface area (Å²) in [6.45, 7) is 3.60. The predicted octanol–water partition coefficient (Wildman–Crippen LogP) is 1.76. The summed E-state index contributed by atoms with van der Waals surface area (Å²) in [7, 11) is 0. The van der Waals surface area contributed by atoms with Crippen LogP contribution in [0.25, 0.3) is 0 Å². The molecule has 1 aromatic carbocycles. The second-order valence-electron chi connectivity index (χ2n) is 5.00. The van der Waals surface area contributed by atoms with E-state index in [4.69, 9.17) is 4.74 Å². The summed E-state index contributed by atoms with van der Waals surface area (Å²) in [6, 6.07) is 5.79. The first-order chi connectivity index (χ1) is 8.75. The van der Waals surface area contributed by atoms with Gasteiger partial charge in [0.2, 0.25) is 5.91 Å². The van der Waals surface area contributed by atoms with Crippen molar-refractivity contribution in [1.82, 2.24) is 5.32 Å². The van der Waals surface area contributed by atoms with Crippen molar-refractivity contribution >= 4 is 11.6 Å². The summed E-state index contributed by atoms with van der Waals surface area (Å²) in [5.74, 6) is 0.0392. The third kappa shape index (κ3) is 2.02. The fourth-order valence-corrected chi connectivity index (χ4v) is 2.70. The largest absolute Gasteiger partial charge is 0.377 e. The molecule has 2 unspecified atom stereocenters. The van der Waals surface area contributed by atoms with E-state index in [-0.39, 0.29) is 18.1 Å². The van der Waals surface area contributed by atoms with Crippen molar-refractivity contribution in [2.75, 3.05) is 18.5 Å². The smallest absolute Gasteiger partial charge is 0.246 e. The number of hydrogen-bond acceptors (Lipinski definition) is 3. The Morgan fingerprint density at radius 3 is 3.17 bits per heavy atom. The maximum Gasteiger partial charge on any atom is 0.246 e. The van der Waals surface area contributed by atoms with Gasteiger partial charge in [0, 0.05) is 24.4 Å². The molecule has 2 aliphatic rings. The first-order valence-electron chi connectivity index (χ1n) is 6.51. The monoisotopic (exact) mass is 246 g/mol. The molecule has 1 amide bonds. The number of benzene rings is 1. The number of carbonyl (C=O) groups excluding carboxylic acids is 1. The lowest BCUT2D eigenvalue weighted by atomic mass is 10.0. The average Bonchev–Trinajstić information content (AvgIpc) is 2.95. The Bertz CT molecular complexity index is 467. The van der Waals surface area contributed by atoms with Gasteiger partial charge in [0.15, 0.2) is 0 Å². The minimum atomic E-state index is -0.232. The summed E-state index contributed by atoms with van der Waals surface area (Å²) in [5.41, 5.74) is 3.13. The lowest BCUT2D eigenvalue weighted by molar-refractivity contribution is -0.117. The number of fused-ring (bicyclic) bond motifs is 1. The van der Waals surface area contributed by atoms with Gasteiger partial charge in [-0.15, -0.1) is 0 Å². The van der Waals surface area contributed by atoms with Crippen LogP contribution < -0.4 is 10.6 Å². The minimum Gasteiger partial charge on any atom is -0.377 e. The fourth-order valence-electron chi connectivity index (χ4n) is 2.70. The zero-order valence-electron chi connectivity index (χ0n) is 10.5. The number of amides is 1. The molecule has 0 spiro atoms. The normalized spacial score (nSPS) is 26.2. The van der Waals surface area contributed by atoms with Crippen LogP contribution in [0.4, 0.5) is 5.69 Å². The second kappa shape index (κ2) is 4.71. The Hall–Kier alpha value is -1.39. The lowest BCUT2D eigenvalue weighted by Gasteiger charge is -2.15. The molecule has 18 heavy (non-hydrogen) atoms. The highest BCUT2D eigenvalue weighted by Crippen LogP contribution is 2.33. The van der Waals surface area contributed by atoms with Crippen LogP contribution in [0.15, 0.2) is 18.2 Å². The first-order valence-corrected chi connectivity index (χ1v) is 6.51. The summed E-state index contributed by atoms with van der Waals surface area (Å²) in [5, 5.41) is 6.27. The summed E-state index contributed by atoms with van der Waals surface area (Å²) in [4.78, 5) is 12.0. The molecule has 0 aromatic heterocycles. The Kier molecular flexibility index (Phi) is 3.06. The third-order valence-corrected chi connectivity index (χ3v) is 3.70. The summed E-state index contributed by atoms with van der Waals surface area (Å²) >= 11 is 0. The van der Waals surface area contributed by atoms with E-state index in [1.165, 1.54) is 0 Å². The number of ether oxygens (including phenoxy) is 1. The van der Waals surface area contributed by atoms with E-state index in [0.29, 0.717) is 0 Å². The first kappa shape index (κ1) is 11.7. The van der Waals surface area contributed by atoms with Gasteiger partial charge in [0.05, 0.1) is 6.10 Å². The van der Waals surface area contributed by atoms with Crippen molar-refractivity contribution < 1.29 is 9.53 Å². The van der Waals surface area contributed by atoms with E-state index in [0.717, 1.165) is 42.8 Å². The Labute approximate surface area is 107 Å². The average molecular weight is 246 g/mol. The molecule has 4 nitrogen and oxygen atoms in total. The van der Waals surface area contributed by atoms with Gasteiger partial charge in [-0.1, -0.05) is 18.2 Å². The van der Waals surface area contributed by atoms with Crippen LogP contribution in [0, 0.1) is 6.92 Å². The number of nitrogens with one attached hydrogen (secondary N) is 2. The third-order valence-electron chi connectivity index (χ3n) is 3.70. The number of para-hydroxylation sites is 1. The predicted molar refractivity (Wildman–Crippen MR) is 69.5 cm³/mol. The molecule has 1 fully saturated rings. The highest BCUT2D eigenvalue weighted by atomic mass is 16.5. The SMILES string of the molecule is Cc1cccc2c1NC(=O)C2NCC1CCCO1. The van der Waals surface area contributed by atoms with E-state index in [9.17, 15) is 4.79 Å². The molecule has 0 aliphatic carbocycles. The quantitative estimate of drug-likeness (QED) is 0.854. The number of carbonyl (C=O) groups is 1. The Morgan fingerprint density at radius 1 is 1.50 bits per heavy atom. The van der Waals surface area contributed by atoms with Crippen LogP contribution >= 0.6 is 0 Å². The molecule has 0 saturated carbocycles. The lowest BCUT2D eigenvalue weighted by Crippen LogP contribution is -2.33.